The molecule has 0 aliphatic heterocycles. The van der Waals surface area contributed by atoms with E-state index in [0.717, 1.165) is 11.4 Å². The van der Waals surface area contributed by atoms with Crippen LogP contribution in [0, 0.1) is 10.8 Å². The number of carbonyl (C=O) groups excluding carboxylic acids is 1. The van der Waals surface area contributed by atoms with E-state index in [4.69, 9.17) is 4.42 Å². The minimum absolute atomic E-state index is 0.0685. The normalized spacial score (nSPS) is 17.8. The molecule has 94 valence electrons. The topological polar surface area (TPSA) is 11.3 Å². The molecule has 0 atom stereocenters. The zero-order chi connectivity index (χ0) is 13.4. The third-order valence-electron chi connectivity index (χ3n) is 2.97. The van der Waals surface area contributed by atoms with Crippen LogP contribution < -0.4 is 0 Å². The van der Waals surface area contributed by atoms with Gasteiger partial charge in [-0.05, 0) is 28.6 Å². The molecule has 0 fully saturated rings. The summed E-state index contributed by atoms with van der Waals surface area (Å²) in [5.74, 6) is 1.01. The zero-order valence-electron chi connectivity index (χ0n) is 12.3. The van der Waals surface area contributed by atoms with E-state index in [1.165, 1.54) is 11.1 Å². The maximum Gasteiger partial charge on any atom is 0.350 e. The quantitative estimate of drug-likeness (QED) is 0.555. The van der Waals surface area contributed by atoms with Gasteiger partial charge in [0.2, 0.25) is 0 Å². The van der Waals surface area contributed by atoms with E-state index in [9.17, 15) is 0 Å². The summed E-state index contributed by atoms with van der Waals surface area (Å²) in [6, 6.07) is 0. The zero-order valence-corrected chi connectivity index (χ0v) is 12.3. The van der Waals surface area contributed by atoms with Crippen LogP contribution in [0.3, 0.4) is 0 Å². The first-order valence-electron chi connectivity index (χ1n) is 6.12. The van der Waals surface area contributed by atoms with Crippen LogP contribution in [0.1, 0.15) is 41.5 Å². The average molecular weight is 233 g/mol. The predicted molar refractivity (Wildman–Crippen MR) is 75.1 cm³/mol. The summed E-state index contributed by atoms with van der Waals surface area (Å²) < 4.78 is 5.66. The largest absolute Gasteiger partial charge is 0.350 e. The Morgan fingerprint density at radius 2 is 1.24 bits per heavy atom. The number of allylic oxidation sites excluding steroid dienone is 5. The molecule has 1 aliphatic carbocycles. The minimum Gasteiger partial charge on any atom is -0.257 e. The van der Waals surface area contributed by atoms with E-state index in [2.05, 4.69) is 60.3 Å². The van der Waals surface area contributed by atoms with E-state index >= 15 is 0 Å². The molecule has 0 N–H and O–H groups in total. The summed E-state index contributed by atoms with van der Waals surface area (Å²) in [5.41, 5.74) is 3.66. The molecule has 0 unspecified atom stereocenters. The first-order chi connectivity index (χ1) is 7.57. The van der Waals surface area contributed by atoms with Crippen molar-refractivity contribution in [2.75, 3.05) is 7.11 Å². The van der Waals surface area contributed by atoms with Crippen molar-refractivity contribution < 1.29 is 4.42 Å². The first kappa shape index (κ1) is 14.0. The van der Waals surface area contributed by atoms with Crippen LogP contribution in [-0.4, -0.2) is 12.9 Å². The average Bonchev–Trinajstić information content (AvgIpc) is 2.13. The minimum atomic E-state index is 0.0685. The smallest absolute Gasteiger partial charge is 0.257 e. The highest BCUT2D eigenvalue weighted by molar-refractivity contribution is 6.12. The Morgan fingerprint density at radius 3 is 1.47 bits per heavy atom. The number of hydrogen-bond acceptors (Lipinski definition) is 0. The monoisotopic (exact) mass is 233 g/mol. The Bertz CT molecular complexity index is 381. The summed E-state index contributed by atoms with van der Waals surface area (Å²) in [7, 11) is 1.75. The van der Waals surface area contributed by atoms with Crippen molar-refractivity contribution >= 4 is 5.78 Å². The number of ketones is 1. The molecule has 0 saturated heterocycles. The van der Waals surface area contributed by atoms with Gasteiger partial charge < -0.3 is 0 Å². The number of hydrogen-bond donors (Lipinski definition) is 0. The molecule has 0 aromatic rings. The molecule has 0 spiro atoms. The van der Waals surface area contributed by atoms with Gasteiger partial charge in [0.25, 0.3) is 7.11 Å². The molecule has 0 aromatic heterocycles. The Kier molecular flexibility index (Phi) is 3.52. The van der Waals surface area contributed by atoms with Crippen LogP contribution >= 0.6 is 0 Å². The van der Waals surface area contributed by atoms with Crippen LogP contribution in [0.4, 0.5) is 0 Å². The number of rotatable bonds is 0. The lowest BCUT2D eigenvalue weighted by Crippen LogP contribution is -2.29. The van der Waals surface area contributed by atoms with Gasteiger partial charge in [-0.2, -0.15) is 0 Å². The van der Waals surface area contributed by atoms with Crippen molar-refractivity contribution in [2.24, 2.45) is 10.8 Å². The molecular formula is C16H25O+. The molecule has 0 heterocycles. The van der Waals surface area contributed by atoms with Crippen molar-refractivity contribution in [1.29, 1.82) is 0 Å². The predicted octanol–water partition coefficient (Wildman–Crippen LogP) is 4.24. The van der Waals surface area contributed by atoms with E-state index in [-0.39, 0.29) is 10.8 Å². The van der Waals surface area contributed by atoms with Crippen LogP contribution in [0.15, 0.2) is 35.5 Å². The molecule has 0 aromatic carbocycles. The van der Waals surface area contributed by atoms with Gasteiger partial charge in [0.1, 0.15) is 0 Å². The highest BCUT2D eigenvalue weighted by Gasteiger charge is 2.39. The molecule has 0 bridgehead atoms. The third-order valence-corrected chi connectivity index (χ3v) is 2.97. The molecule has 1 nitrogen and oxygen atoms in total. The van der Waals surface area contributed by atoms with Crippen molar-refractivity contribution in [2.45, 2.75) is 41.5 Å². The van der Waals surface area contributed by atoms with Crippen LogP contribution in [0.5, 0.6) is 0 Å². The Balaban J connectivity index is 3.37. The van der Waals surface area contributed by atoms with Crippen LogP contribution in [0.25, 0.3) is 0 Å². The first-order valence-corrected chi connectivity index (χ1v) is 6.12. The second-order valence-electron chi connectivity index (χ2n) is 6.72. The Morgan fingerprint density at radius 1 is 0.882 bits per heavy atom. The van der Waals surface area contributed by atoms with Crippen molar-refractivity contribution in [3.8, 4) is 0 Å². The van der Waals surface area contributed by atoms with Gasteiger partial charge in [-0.3, -0.25) is 4.42 Å². The summed E-state index contributed by atoms with van der Waals surface area (Å²) >= 11 is 0. The van der Waals surface area contributed by atoms with Crippen molar-refractivity contribution in [1.82, 2.24) is 0 Å². The molecule has 1 rings (SSSR count). The molecule has 1 aliphatic rings. The molecule has 0 radical (unpaired) electrons. The maximum atomic E-state index is 5.66. The van der Waals surface area contributed by atoms with Crippen molar-refractivity contribution in [3.63, 3.8) is 0 Å². The van der Waals surface area contributed by atoms with Crippen LogP contribution in [0.2, 0.25) is 0 Å². The van der Waals surface area contributed by atoms with Gasteiger partial charge in [-0.15, -0.1) is 0 Å². The summed E-state index contributed by atoms with van der Waals surface area (Å²) in [6.45, 7) is 17.3. The van der Waals surface area contributed by atoms with Crippen LogP contribution in [-0.2, 0) is 4.42 Å². The SMILES string of the molecule is C=C1C=C(C(C)(C)C)C(=[O+]C)C(C(C)(C)C)=C1. The maximum absolute atomic E-state index is 5.66. The Labute approximate surface area is 106 Å². The highest BCUT2D eigenvalue weighted by Crippen LogP contribution is 2.38. The summed E-state index contributed by atoms with van der Waals surface area (Å²) in [4.78, 5) is 0. The lowest BCUT2D eigenvalue weighted by molar-refractivity contribution is -0.419. The molecule has 0 saturated carbocycles. The molecule has 1 heteroatoms. The third kappa shape index (κ3) is 2.96. The van der Waals surface area contributed by atoms with Gasteiger partial charge >= 0.3 is 5.78 Å². The van der Waals surface area contributed by atoms with Crippen molar-refractivity contribution in [3.05, 3.63) is 35.5 Å². The van der Waals surface area contributed by atoms with E-state index in [1.807, 2.05) is 0 Å². The van der Waals surface area contributed by atoms with E-state index < -0.39 is 0 Å². The Hall–Kier alpha value is -1.11. The van der Waals surface area contributed by atoms with E-state index in [1.54, 1.807) is 7.11 Å². The fraction of sp³-hybridized carbons (Fsp3) is 0.562. The summed E-state index contributed by atoms with van der Waals surface area (Å²) in [6.07, 6.45) is 4.27. The van der Waals surface area contributed by atoms with E-state index in [0.29, 0.717) is 0 Å². The second-order valence-corrected chi connectivity index (χ2v) is 6.72. The van der Waals surface area contributed by atoms with Gasteiger partial charge in [-0.1, -0.05) is 48.1 Å². The fourth-order valence-corrected chi connectivity index (χ4v) is 2.02. The summed E-state index contributed by atoms with van der Waals surface area (Å²) in [5, 5.41) is 0. The molecule has 17 heavy (non-hydrogen) atoms. The molecule has 0 amide bonds. The lowest BCUT2D eigenvalue weighted by atomic mass is 9.72. The fourth-order valence-electron chi connectivity index (χ4n) is 2.02. The van der Waals surface area contributed by atoms with Gasteiger partial charge in [-0.25, -0.2) is 0 Å². The highest BCUT2D eigenvalue weighted by atomic mass is 16.4. The van der Waals surface area contributed by atoms with Gasteiger partial charge in [0.05, 0.1) is 11.1 Å². The molecular weight excluding hydrogens is 208 g/mol. The standard InChI is InChI=1S/C16H25O/c1-11-9-12(15(2,3)4)14(17-8)13(10-11)16(5,6)7/h9-10H,1H2,2-8H3/q+1. The lowest BCUT2D eigenvalue weighted by Gasteiger charge is -2.28. The van der Waals surface area contributed by atoms with Gasteiger partial charge in [0, 0.05) is 0 Å². The second kappa shape index (κ2) is 4.29. The van der Waals surface area contributed by atoms with Gasteiger partial charge in [0.15, 0.2) is 0 Å².